The van der Waals surface area contributed by atoms with E-state index in [0.717, 1.165) is 18.8 Å². The number of hydrogen-bond donors (Lipinski definition) is 2. The van der Waals surface area contributed by atoms with Gasteiger partial charge in [-0.3, -0.25) is 4.79 Å². The van der Waals surface area contributed by atoms with E-state index in [4.69, 9.17) is 0 Å². The Morgan fingerprint density at radius 1 is 1.43 bits per heavy atom. The maximum absolute atomic E-state index is 12.2. The van der Waals surface area contributed by atoms with Gasteiger partial charge in [-0.25, -0.2) is 0 Å². The largest absolute Gasteiger partial charge is 0.353 e. The van der Waals surface area contributed by atoms with E-state index in [2.05, 4.69) is 33.0 Å². The molecule has 21 heavy (non-hydrogen) atoms. The van der Waals surface area contributed by atoms with Crippen molar-refractivity contribution in [1.82, 2.24) is 25.4 Å². The molecule has 1 aliphatic rings. The van der Waals surface area contributed by atoms with Gasteiger partial charge in [0.05, 0.1) is 6.04 Å². The van der Waals surface area contributed by atoms with E-state index in [0.29, 0.717) is 13.1 Å². The molecule has 0 saturated carbocycles. The molecule has 3 rings (SSSR count). The Kier molecular flexibility index (Phi) is 3.96. The quantitative estimate of drug-likeness (QED) is 0.854. The van der Waals surface area contributed by atoms with Crippen LogP contribution in [0.4, 0.5) is 0 Å². The molecule has 0 aliphatic carbocycles. The lowest BCUT2D eigenvalue weighted by Gasteiger charge is -2.25. The Balaban J connectivity index is 1.52. The maximum atomic E-state index is 12.2. The summed E-state index contributed by atoms with van der Waals surface area (Å²) < 4.78 is 1.92. The van der Waals surface area contributed by atoms with E-state index in [9.17, 15) is 4.79 Å². The van der Waals surface area contributed by atoms with Gasteiger partial charge in [-0.15, -0.1) is 10.2 Å². The normalized spacial score (nSPS) is 17.3. The number of amides is 1. The van der Waals surface area contributed by atoms with Gasteiger partial charge in [0, 0.05) is 19.6 Å². The van der Waals surface area contributed by atoms with Crippen LogP contribution in [-0.4, -0.2) is 33.3 Å². The molecule has 1 atom stereocenters. The Bertz CT molecular complexity index is 636. The first-order chi connectivity index (χ1) is 10.2. The van der Waals surface area contributed by atoms with E-state index in [1.807, 2.05) is 23.6 Å². The summed E-state index contributed by atoms with van der Waals surface area (Å²) in [6.07, 6.45) is 2.42. The molecule has 2 aromatic rings. The maximum Gasteiger partial charge on any atom is 0.237 e. The number of fused-ring (bicyclic) bond motifs is 1. The highest BCUT2D eigenvalue weighted by molar-refractivity contribution is 5.82. The van der Waals surface area contributed by atoms with E-state index < -0.39 is 0 Å². The van der Waals surface area contributed by atoms with Crippen LogP contribution in [0.25, 0.3) is 0 Å². The van der Waals surface area contributed by atoms with Crippen LogP contribution in [0.15, 0.2) is 30.6 Å². The van der Waals surface area contributed by atoms with Gasteiger partial charge < -0.3 is 15.2 Å². The van der Waals surface area contributed by atoms with E-state index >= 15 is 0 Å². The molecule has 0 bridgehead atoms. The van der Waals surface area contributed by atoms with Crippen LogP contribution < -0.4 is 10.6 Å². The fourth-order valence-corrected chi connectivity index (χ4v) is 2.59. The summed E-state index contributed by atoms with van der Waals surface area (Å²) in [5, 5.41) is 14.0. The van der Waals surface area contributed by atoms with E-state index in [1.165, 1.54) is 11.1 Å². The molecule has 1 aliphatic heterocycles. The summed E-state index contributed by atoms with van der Waals surface area (Å²) in [4.78, 5) is 12.2. The first-order valence-corrected chi connectivity index (χ1v) is 7.16. The van der Waals surface area contributed by atoms with Gasteiger partial charge in [0.15, 0.2) is 0 Å². The first-order valence-electron chi connectivity index (χ1n) is 7.16. The lowest BCUT2D eigenvalue weighted by Crippen LogP contribution is -2.48. The number of aromatic nitrogens is 3. The van der Waals surface area contributed by atoms with Crippen molar-refractivity contribution in [2.24, 2.45) is 0 Å². The van der Waals surface area contributed by atoms with Crippen LogP contribution in [0.3, 0.4) is 0 Å². The lowest BCUT2D eigenvalue weighted by atomic mass is 9.95. The SMILES string of the molecule is Cc1nncn1CCNC(=O)C1Cc2ccccc2CN1. The standard InChI is InChI=1S/C15H19N5O/c1-11-19-18-10-20(11)7-6-16-15(21)14-8-12-4-2-3-5-13(12)9-17-14/h2-5,10,14,17H,6-9H2,1H3,(H,16,21). The summed E-state index contributed by atoms with van der Waals surface area (Å²) >= 11 is 0. The Morgan fingerprint density at radius 3 is 3.00 bits per heavy atom. The monoisotopic (exact) mass is 285 g/mol. The van der Waals surface area contributed by atoms with Crippen LogP contribution in [-0.2, 0) is 24.3 Å². The van der Waals surface area contributed by atoms with E-state index in [-0.39, 0.29) is 11.9 Å². The molecule has 1 aromatic heterocycles. The lowest BCUT2D eigenvalue weighted by molar-refractivity contribution is -0.123. The molecule has 6 nitrogen and oxygen atoms in total. The van der Waals surface area contributed by atoms with Crippen LogP contribution >= 0.6 is 0 Å². The third kappa shape index (κ3) is 3.11. The predicted molar refractivity (Wildman–Crippen MR) is 78.5 cm³/mol. The number of rotatable bonds is 4. The first kappa shape index (κ1) is 13.8. The van der Waals surface area contributed by atoms with Crippen molar-refractivity contribution in [2.75, 3.05) is 6.54 Å². The molecule has 0 fully saturated rings. The molecule has 1 aromatic carbocycles. The van der Waals surface area contributed by atoms with Gasteiger partial charge in [-0.2, -0.15) is 0 Å². The summed E-state index contributed by atoms with van der Waals surface area (Å²) in [7, 11) is 0. The molecule has 1 amide bonds. The molecular formula is C15H19N5O. The zero-order valence-electron chi connectivity index (χ0n) is 12.0. The molecule has 0 spiro atoms. The second-order valence-corrected chi connectivity index (χ2v) is 5.27. The Hall–Kier alpha value is -2.21. The van der Waals surface area contributed by atoms with Crippen LogP contribution in [0.1, 0.15) is 17.0 Å². The highest BCUT2D eigenvalue weighted by Crippen LogP contribution is 2.16. The van der Waals surface area contributed by atoms with E-state index in [1.54, 1.807) is 6.33 Å². The fourth-order valence-electron chi connectivity index (χ4n) is 2.59. The van der Waals surface area contributed by atoms with Crippen molar-refractivity contribution >= 4 is 5.91 Å². The van der Waals surface area contributed by atoms with Gasteiger partial charge in [-0.1, -0.05) is 24.3 Å². The summed E-state index contributed by atoms with van der Waals surface area (Å²) in [5.41, 5.74) is 2.53. The highest BCUT2D eigenvalue weighted by atomic mass is 16.2. The minimum atomic E-state index is -0.151. The third-order valence-electron chi connectivity index (χ3n) is 3.86. The minimum Gasteiger partial charge on any atom is -0.353 e. The van der Waals surface area contributed by atoms with Gasteiger partial charge in [-0.05, 0) is 24.5 Å². The molecule has 110 valence electrons. The van der Waals surface area contributed by atoms with Crippen molar-refractivity contribution < 1.29 is 4.79 Å². The zero-order chi connectivity index (χ0) is 14.7. The van der Waals surface area contributed by atoms with Crippen LogP contribution in [0, 0.1) is 6.92 Å². The van der Waals surface area contributed by atoms with Crippen molar-refractivity contribution in [1.29, 1.82) is 0 Å². The number of carbonyl (C=O) groups excluding carboxylic acids is 1. The molecule has 0 radical (unpaired) electrons. The highest BCUT2D eigenvalue weighted by Gasteiger charge is 2.23. The van der Waals surface area contributed by atoms with Gasteiger partial charge in [0.25, 0.3) is 0 Å². The molecular weight excluding hydrogens is 266 g/mol. The second kappa shape index (κ2) is 6.05. The molecule has 6 heteroatoms. The minimum absolute atomic E-state index is 0.0511. The Labute approximate surface area is 123 Å². The number of nitrogens with zero attached hydrogens (tertiary/aromatic N) is 3. The van der Waals surface area contributed by atoms with Crippen LogP contribution in [0.5, 0.6) is 0 Å². The average Bonchev–Trinajstić information content (AvgIpc) is 2.92. The Morgan fingerprint density at radius 2 is 2.24 bits per heavy atom. The van der Waals surface area contributed by atoms with Gasteiger partial charge >= 0.3 is 0 Å². The number of carbonyl (C=O) groups is 1. The third-order valence-corrected chi connectivity index (χ3v) is 3.86. The number of nitrogens with one attached hydrogen (secondary N) is 2. The number of aryl methyl sites for hydroxylation is 1. The smallest absolute Gasteiger partial charge is 0.237 e. The summed E-state index contributed by atoms with van der Waals surface area (Å²) in [6.45, 7) is 3.92. The van der Waals surface area contributed by atoms with Crippen molar-refractivity contribution in [3.05, 3.63) is 47.5 Å². The number of benzene rings is 1. The van der Waals surface area contributed by atoms with Crippen molar-refractivity contribution in [2.45, 2.75) is 32.5 Å². The molecule has 1 unspecified atom stereocenters. The number of hydrogen-bond acceptors (Lipinski definition) is 4. The predicted octanol–water partition coefficient (Wildman–Crippen LogP) is 0.417. The summed E-state index contributed by atoms with van der Waals surface area (Å²) in [6, 6.07) is 8.10. The average molecular weight is 285 g/mol. The molecule has 0 saturated heterocycles. The van der Waals surface area contributed by atoms with Gasteiger partial charge in [0.1, 0.15) is 12.2 Å². The topological polar surface area (TPSA) is 71.8 Å². The zero-order valence-corrected chi connectivity index (χ0v) is 12.0. The molecule has 2 heterocycles. The summed E-state index contributed by atoms with van der Waals surface area (Å²) in [5.74, 6) is 0.907. The van der Waals surface area contributed by atoms with Gasteiger partial charge in [0.2, 0.25) is 5.91 Å². The van der Waals surface area contributed by atoms with Crippen molar-refractivity contribution in [3.63, 3.8) is 0 Å². The second-order valence-electron chi connectivity index (χ2n) is 5.27. The van der Waals surface area contributed by atoms with Crippen LogP contribution in [0.2, 0.25) is 0 Å². The molecule has 2 N–H and O–H groups in total. The fraction of sp³-hybridized carbons (Fsp3) is 0.400. The van der Waals surface area contributed by atoms with Crippen molar-refractivity contribution in [3.8, 4) is 0 Å².